The van der Waals surface area contributed by atoms with E-state index in [0.29, 0.717) is 16.8 Å². The van der Waals surface area contributed by atoms with E-state index in [-0.39, 0.29) is 5.54 Å². The van der Waals surface area contributed by atoms with E-state index < -0.39 is 0 Å². The molecule has 0 aliphatic heterocycles. The molecule has 1 aromatic heterocycles. The molecule has 1 aromatic rings. The third kappa shape index (κ3) is 4.95. The van der Waals surface area contributed by atoms with Gasteiger partial charge in [0.25, 0.3) is 0 Å². The van der Waals surface area contributed by atoms with Crippen LogP contribution in [0.4, 0.5) is 0 Å². The van der Waals surface area contributed by atoms with Crippen LogP contribution in [-0.4, -0.2) is 17.1 Å². The summed E-state index contributed by atoms with van der Waals surface area (Å²) >= 11 is 6.19. The summed E-state index contributed by atoms with van der Waals surface area (Å²) in [6, 6.07) is 1.95. The first-order valence-electron chi connectivity index (χ1n) is 7.46. The number of ether oxygens (including phenoxy) is 1. The molecule has 0 aromatic carbocycles. The van der Waals surface area contributed by atoms with E-state index in [1.54, 1.807) is 6.20 Å². The fraction of sp³-hybridized carbons (Fsp3) is 0.688. The van der Waals surface area contributed by atoms with Crippen LogP contribution in [0, 0.1) is 5.92 Å². The van der Waals surface area contributed by atoms with Crippen molar-refractivity contribution in [2.24, 2.45) is 5.92 Å². The summed E-state index contributed by atoms with van der Waals surface area (Å²) in [5.74, 6) is 1.38. The molecule has 20 heavy (non-hydrogen) atoms. The molecule has 3 nitrogen and oxygen atoms in total. The predicted octanol–water partition coefficient (Wildman–Crippen LogP) is 4.19. The molecule has 0 amide bonds. The van der Waals surface area contributed by atoms with E-state index >= 15 is 0 Å². The average molecular weight is 297 g/mol. The maximum absolute atomic E-state index is 6.19. The first-order valence-corrected chi connectivity index (χ1v) is 7.84. The van der Waals surface area contributed by atoms with Crippen LogP contribution in [0.15, 0.2) is 12.3 Å². The number of aromatic nitrogens is 1. The number of nitrogens with one attached hydrogen (secondary N) is 1. The molecular weight excluding hydrogens is 272 g/mol. The summed E-state index contributed by atoms with van der Waals surface area (Å²) in [5, 5.41) is 4.13. The summed E-state index contributed by atoms with van der Waals surface area (Å²) < 4.78 is 5.82. The van der Waals surface area contributed by atoms with Gasteiger partial charge in [-0.1, -0.05) is 24.4 Å². The van der Waals surface area contributed by atoms with Gasteiger partial charge in [0, 0.05) is 24.3 Å². The first kappa shape index (κ1) is 15.6. The van der Waals surface area contributed by atoms with Gasteiger partial charge in [0.05, 0.1) is 11.6 Å². The summed E-state index contributed by atoms with van der Waals surface area (Å²) in [6.45, 7) is 7.92. The van der Waals surface area contributed by atoms with Gasteiger partial charge in [-0.05, 0) is 45.1 Å². The summed E-state index contributed by atoms with van der Waals surface area (Å²) in [5.41, 5.74) is 1.11. The van der Waals surface area contributed by atoms with E-state index in [2.05, 4.69) is 31.1 Å². The molecule has 0 saturated heterocycles. The number of nitrogens with zero attached hydrogens (tertiary/aromatic N) is 1. The van der Waals surface area contributed by atoms with Crippen molar-refractivity contribution in [2.75, 3.05) is 6.61 Å². The number of hydrogen-bond donors (Lipinski definition) is 1. The zero-order valence-electron chi connectivity index (χ0n) is 12.7. The lowest BCUT2D eigenvalue weighted by molar-refractivity contribution is 0.243. The fourth-order valence-corrected chi connectivity index (χ4v) is 2.58. The van der Waals surface area contributed by atoms with Crippen LogP contribution >= 0.6 is 11.6 Å². The molecular formula is C16H25ClN2O. The predicted molar refractivity (Wildman–Crippen MR) is 83.3 cm³/mol. The Labute approximate surface area is 127 Å². The normalized spacial score (nSPS) is 16.6. The molecule has 4 heteroatoms. The maximum atomic E-state index is 6.19. The SMILES string of the molecule is CC(C)(C)NCc1cc(OCC2CCCC2)ncc1Cl. The van der Waals surface area contributed by atoms with Crippen molar-refractivity contribution in [2.45, 2.75) is 58.5 Å². The third-order valence-electron chi connectivity index (χ3n) is 3.66. The monoisotopic (exact) mass is 296 g/mol. The van der Waals surface area contributed by atoms with Gasteiger partial charge >= 0.3 is 0 Å². The molecule has 112 valence electrons. The van der Waals surface area contributed by atoms with Crippen LogP contribution in [0.2, 0.25) is 5.02 Å². The maximum Gasteiger partial charge on any atom is 0.213 e. The van der Waals surface area contributed by atoms with Crippen molar-refractivity contribution in [1.29, 1.82) is 0 Å². The molecule has 1 fully saturated rings. The Morgan fingerprint density at radius 1 is 1.35 bits per heavy atom. The fourth-order valence-electron chi connectivity index (χ4n) is 2.41. The molecule has 1 aliphatic rings. The van der Waals surface area contributed by atoms with Crippen LogP contribution in [0.5, 0.6) is 5.88 Å². The van der Waals surface area contributed by atoms with Crippen molar-refractivity contribution in [3.63, 3.8) is 0 Å². The van der Waals surface area contributed by atoms with Crippen molar-refractivity contribution in [1.82, 2.24) is 10.3 Å². The van der Waals surface area contributed by atoms with Crippen molar-refractivity contribution in [3.05, 3.63) is 22.8 Å². The Morgan fingerprint density at radius 2 is 2.05 bits per heavy atom. The zero-order chi connectivity index (χ0) is 14.6. The van der Waals surface area contributed by atoms with Gasteiger partial charge in [0.2, 0.25) is 5.88 Å². The highest BCUT2D eigenvalue weighted by molar-refractivity contribution is 6.31. The van der Waals surface area contributed by atoms with E-state index in [9.17, 15) is 0 Å². The van der Waals surface area contributed by atoms with E-state index in [0.717, 1.165) is 18.7 Å². The minimum absolute atomic E-state index is 0.0669. The highest BCUT2D eigenvalue weighted by Crippen LogP contribution is 2.26. The second-order valence-electron chi connectivity index (χ2n) is 6.68. The molecule has 1 heterocycles. The average Bonchev–Trinajstić information content (AvgIpc) is 2.88. The van der Waals surface area contributed by atoms with Crippen molar-refractivity contribution < 1.29 is 4.74 Å². The second-order valence-corrected chi connectivity index (χ2v) is 7.09. The van der Waals surface area contributed by atoms with E-state index in [1.807, 2.05) is 6.07 Å². The Morgan fingerprint density at radius 3 is 2.70 bits per heavy atom. The van der Waals surface area contributed by atoms with E-state index in [1.165, 1.54) is 25.7 Å². The van der Waals surface area contributed by atoms with Gasteiger partial charge in [-0.25, -0.2) is 4.98 Å². The van der Waals surface area contributed by atoms with Gasteiger partial charge in [-0.3, -0.25) is 0 Å². The quantitative estimate of drug-likeness (QED) is 0.884. The highest BCUT2D eigenvalue weighted by atomic mass is 35.5. The minimum Gasteiger partial charge on any atom is -0.477 e. The largest absolute Gasteiger partial charge is 0.477 e. The van der Waals surface area contributed by atoms with Gasteiger partial charge in [0.1, 0.15) is 0 Å². The highest BCUT2D eigenvalue weighted by Gasteiger charge is 2.16. The molecule has 0 unspecified atom stereocenters. The van der Waals surface area contributed by atoms with Crippen LogP contribution < -0.4 is 10.1 Å². The molecule has 1 saturated carbocycles. The lowest BCUT2D eigenvalue weighted by Crippen LogP contribution is -2.35. The van der Waals surface area contributed by atoms with Crippen LogP contribution in [0.3, 0.4) is 0 Å². The smallest absolute Gasteiger partial charge is 0.213 e. The summed E-state index contributed by atoms with van der Waals surface area (Å²) in [4.78, 5) is 4.26. The second kappa shape index (κ2) is 6.77. The standard InChI is InChI=1S/C16H25ClN2O/c1-16(2,3)19-9-13-8-15(18-10-14(13)17)20-11-12-6-4-5-7-12/h8,10,12,19H,4-7,9,11H2,1-3H3. The summed E-state index contributed by atoms with van der Waals surface area (Å²) in [7, 11) is 0. The topological polar surface area (TPSA) is 34.1 Å². The Balaban J connectivity index is 1.93. The first-order chi connectivity index (χ1) is 9.44. The summed E-state index contributed by atoms with van der Waals surface area (Å²) in [6.07, 6.45) is 6.93. The van der Waals surface area contributed by atoms with Crippen LogP contribution in [-0.2, 0) is 6.54 Å². The molecule has 1 aliphatic carbocycles. The number of rotatable bonds is 5. The Hall–Kier alpha value is -0.800. The van der Waals surface area contributed by atoms with Crippen molar-refractivity contribution in [3.8, 4) is 5.88 Å². The zero-order valence-corrected chi connectivity index (χ0v) is 13.5. The Kier molecular flexibility index (Phi) is 5.28. The number of hydrogen-bond acceptors (Lipinski definition) is 3. The lowest BCUT2D eigenvalue weighted by atomic mass is 10.1. The van der Waals surface area contributed by atoms with Gasteiger partial charge in [-0.2, -0.15) is 0 Å². The van der Waals surface area contributed by atoms with Gasteiger partial charge in [0.15, 0.2) is 0 Å². The van der Waals surface area contributed by atoms with Gasteiger partial charge in [-0.15, -0.1) is 0 Å². The minimum atomic E-state index is 0.0669. The third-order valence-corrected chi connectivity index (χ3v) is 4.00. The van der Waals surface area contributed by atoms with E-state index in [4.69, 9.17) is 16.3 Å². The van der Waals surface area contributed by atoms with Crippen LogP contribution in [0.1, 0.15) is 52.0 Å². The molecule has 1 N–H and O–H groups in total. The lowest BCUT2D eigenvalue weighted by Gasteiger charge is -2.21. The molecule has 0 bridgehead atoms. The molecule has 0 atom stereocenters. The van der Waals surface area contributed by atoms with Crippen LogP contribution in [0.25, 0.3) is 0 Å². The molecule has 0 radical (unpaired) electrons. The number of halogens is 1. The van der Waals surface area contributed by atoms with Gasteiger partial charge < -0.3 is 10.1 Å². The molecule has 2 rings (SSSR count). The molecule has 0 spiro atoms. The number of pyridine rings is 1. The van der Waals surface area contributed by atoms with Crippen molar-refractivity contribution >= 4 is 11.6 Å². The Bertz CT molecular complexity index is 437.